The highest BCUT2D eigenvalue weighted by atomic mass is 35.5. The van der Waals surface area contributed by atoms with E-state index in [0.29, 0.717) is 39.0 Å². The van der Waals surface area contributed by atoms with E-state index in [2.05, 4.69) is 24.5 Å². The molecule has 3 aromatic rings. The highest BCUT2D eigenvalue weighted by Gasteiger charge is 2.59. The van der Waals surface area contributed by atoms with Crippen molar-refractivity contribution in [2.45, 2.75) is 71.4 Å². The molecule has 2 aromatic carbocycles. The van der Waals surface area contributed by atoms with Gasteiger partial charge in [0.2, 0.25) is 5.91 Å². The van der Waals surface area contributed by atoms with Gasteiger partial charge in [0.15, 0.2) is 0 Å². The van der Waals surface area contributed by atoms with Crippen molar-refractivity contribution in [1.82, 2.24) is 20.4 Å². The monoisotopic (exact) mass is 584 g/mol. The van der Waals surface area contributed by atoms with Gasteiger partial charge < -0.3 is 10.6 Å². The van der Waals surface area contributed by atoms with E-state index >= 15 is 0 Å². The Balaban J connectivity index is 1.20. The summed E-state index contributed by atoms with van der Waals surface area (Å²) in [6.45, 7) is 7.59. The number of aromatic nitrogens is 2. The SMILES string of the molecule is Cc1c(CNC(=O)CNC23CC4C[C@@](C)(C2)C[C@](C)(C4)C3)nn(-c2ccc(Cl)cc2Cl)c1-c1ccc(Cl)cc1. The average Bonchev–Trinajstić information content (AvgIpc) is 3.15. The maximum absolute atomic E-state index is 13.1. The summed E-state index contributed by atoms with van der Waals surface area (Å²) in [5.41, 5.74) is 5.23. The van der Waals surface area contributed by atoms with Crippen molar-refractivity contribution in [3.05, 3.63) is 68.8 Å². The topological polar surface area (TPSA) is 59.0 Å². The number of carbonyl (C=O) groups excluding carboxylic acids is 1. The molecule has 0 saturated heterocycles. The Hall–Kier alpha value is -2.05. The molecule has 8 heteroatoms. The van der Waals surface area contributed by atoms with Crippen molar-refractivity contribution in [3.8, 4) is 16.9 Å². The smallest absolute Gasteiger partial charge is 0.234 e. The molecular formula is C31H35Cl3N4O. The molecule has 7 rings (SSSR count). The summed E-state index contributed by atoms with van der Waals surface area (Å²) >= 11 is 18.9. The largest absolute Gasteiger partial charge is 0.349 e. The standard InChI is InChI=1S/C31H35Cl3N4O/c1-19-25(14-35-27(39)15-36-31-13-20-11-29(2,17-31)16-30(3,12-20)18-31)37-38(26-9-8-23(33)10-24(26)34)28(19)21-4-6-22(32)7-5-21/h4-10,20,36H,11-18H2,1-3H3,(H,35,39)/t20?,29-,30+,31?. The molecule has 4 saturated carbocycles. The van der Waals surface area contributed by atoms with E-state index in [-0.39, 0.29) is 11.4 Å². The van der Waals surface area contributed by atoms with Crippen LogP contribution in [0.15, 0.2) is 42.5 Å². The zero-order valence-corrected chi connectivity index (χ0v) is 25.0. The van der Waals surface area contributed by atoms with Gasteiger partial charge >= 0.3 is 0 Å². The Kier molecular flexibility index (Phi) is 6.82. The van der Waals surface area contributed by atoms with Gasteiger partial charge in [-0.2, -0.15) is 5.10 Å². The maximum Gasteiger partial charge on any atom is 0.234 e. The van der Waals surface area contributed by atoms with Gasteiger partial charge in [-0.05, 0) is 92.5 Å². The third-order valence-electron chi connectivity index (χ3n) is 9.18. The summed E-state index contributed by atoms with van der Waals surface area (Å²) in [6.07, 6.45) is 7.55. The highest BCUT2D eigenvalue weighted by molar-refractivity contribution is 6.35. The fourth-order valence-electron chi connectivity index (χ4n) is 8.64. The van der Waals surface area contributed by atoms with Gasteiger partial charge in [0, 0.05) is 26.7 Å². The Morgan fingerprint density at radius 3 is 2.28 bits per heavy atom. The first kappa shape index (κ1) is 27.1. The van der Waals surface area contributed by atoms with Crippen LogP contribution in [-0.2, 0) is 11.3 Å². The van der Waals surface area contributed by atoms with Crippen LogP contribution in [0.4, 0.5) is 0 Å². The molecule has 0 aliphatic heterocycles. The van der Waals surface area contributed by atoms with E-state index < -0.39 is 0 Å². The number of benzene rings is 2. The summed E-state index contributed by atoms with van der Waals surface area (Å²) in [5.74, 6) is 0.775. The second-order valence-corrected chi connectivity index (χ2v) is 14.3. The van der Waals surface area contributed by atoms with Gasteiger partial charge in [-0.15, -0.1) is 0 Å². The van der Waals surface area contributed by atoms with Gasteiger partial charge in [0.1, 0.15) is 0 Å². The van der Waals surface area contributed by atoms with Crippen LogP contribution in [0.2, 0.25) is 15.1 Å². The molecule has 4 bridgehead atoms. The summed E-state index contributed by atoms with van der Waals surface area (Å²) in [5, 5.41) is 13.5. The van der Waals surface area contributed by atoms with Crippen molar-refractivity contribution in [2.24, 2.45) is 16.7 Å². The number of halogens is 3. The van der Waals surface area contributed by atoms with E-state index in [9.17, 15) is 4.79 Å². The molecule has 39 heavy (non-hydrogen) atoms. The summed E-state index contributed by atoms with van der Waals surface area (Å²) in [4.78, 5) is 13.1. The molecule has 2 unspecified atom stereocenters. The van der Waals surface area contributed by atoms with E-state index in [1.54, 1.807) is 12.1 Å². The highest BCUT2D eigenvalue weighted by Crippen LogP contribution is 2.66. The molecule has 206 valence electrons. The fourth-order valence-corrected chi connectivity index (χ4v) is 9.26. The Morgan fingerprint density at radius 2 is 1.64 bits per heavy atom. The molecular weight excluding hydrogens is 551 g/mol. The van der Waals surface area contributed by atoms with E-state index in [4.69, 9.17) is 39.9 Å². The van der Waals surface area contributed by atoms with Gasteiger partial charge in [-0.25, -0.2) is 4.68 Å². The quantitative estimate of drug-likeness (QED) is 0.298. The second kappa shape index (κ2) is 9.80. The lowest BCUT2D eigenvalue weighted by molar-refractivity contribution is -0.129. The molecule has 1 amide bonds. The zero-order valence-electron chi connectivity index (χ0n) is 22.7. The minimum atomic E-state index is -0.00688. The molecule has 0 radical (unpaired) electrons. The molecule has 4 atom stereocenters. The number of hydrogen-bond donors (Lipinski definition) is 2. The average molecular weight is 586 g/mol. The zero-order chi connectivity index (χ0) is 27.6. The Bertz CT molecular complexity index is 1410. The summed E-state index contributed by atoms with van der Waals surface area (Å²) < 4.78 is 1.83. The lowest BCUT2D eigenvalue weighted by Crippen LogP contribution is -2.65. The third-order valence-corrected chi connectivity index (χ3v) is 9.97. The van der Waals surface area contributed by atoms with Gasteiger partial charge in [-0.1, -0.05) is 60.8 Å². The Labute approximate surface area is 245 Å². The molecule has 5 nitrogen and oxygen atoms in total. The van der Waals surface area contributed by atoms with Crippen LogP contribution in [0, 0.1) is 23.7 Å². The van der Waals surface area contributed by atoms with E-state index in [1.807, 2.05) is 41.9 Å². The second-order valence-electron chi connectivity index (χ2n) is 13.0. The number of hydrogen-bond acceptors (Lipinski definition) is 3. The molecule has 4 fully saturated rings. The van der Waals surface area contributed by atoms with E-state index in [1.165, 1.54) is 38.5 Å². The predicted molar refractivity (Wildman–Crippen MR) is 159 cm³/mol. The molecule has 0 spiro atoms. The predicted octanol–water partition coefficient (Wildman–Crippen LogP) is 7.76. The number of rotatable bonds is 7. The van der Waals surface area contributed by atoms with E-state index in [0.717, 1.165) is 34.1 Å². The number of nitrogens with one attached hydrogen (secondary N) is 2. The van der Waals surface area contributed by atoms with Gasteiger partial charge in [-0.3, -0.25) is 4.79 Å². The van der Waals surface area contributed by atoms with Crippen LogP contribution in [0.3, 0.4) is 0 Å². The van der Waals surface area contributed by atoms with Crippen LogP contribution in [0.25, 0.3) is 16.9 Å². The van der Waals surface area contributed by atoms with Crippen molar-refractivity contribution < 1.29 is 4.79 Å². The molecule has 4 aliphatic rings. The molecule has 1 aromatic heterocycles. The first-order chi connectivity index (χ1) is 18.5. The first-order valence-electron chi connectivity index (χ1n) is 13.8. The molecule has 2 N–H and O–H groups in total. The number of amides is 1. The lowest BCUT2D eigenvalue weighted by Gasteiger charge is -2.65. The van der Waals surface area contributed by atoms with Gasteiger partial charge in [0.05, 0.1) is 35.2 Å². The van der Waals surface area contributed by atoms with Crippen LogP contribution in [-0.4, -0.2) is 27.8 Å². The Morgan fingerprint density at radius 1 is 0.974 bits per heavy atom. The van der Waals surface area contributed by atoms with Gasteiger partial charge in [0.25, 0.3) is 0 Å². The van der Waals surface area contributed by atoms with Crippen molar-refractivity contribution in [3.63, 3.8) is 0 Å². The van der Waals surface area contributed by atoms with Crippen LogP contribution in [0.1, 0.15) is 63.6 Å². The molecule has 4 aliphatic carbocycles. The maximum atomic E-state index is 13.1. The normalized spacial score (nSPS) is 29.1. The first-order valence-corrected chi connectivity index (χ1v) is 14.9. The van der Waals surface area contributed by atoms with Crippen LogP contribution in [0.5, 0.6) is 0 Å². The van der Waals surface area contributed by atoms with Crippen molar-refractivity contribution >= 4 is 40.7 Å². The third kappa shape index (κ3) is 5.24. The number of nitrogens with zero attached hydrogens (tertiary/aromatic N) is 2. The van der Waals surface area contributed by atoms with Crippen molar-refractivity contribution in [1.29, 1.82) is 0 Å². The number of carbonyl (C=O) groups is 1. The lowest BCUT2D eigenvalue weighted by atomic mass is 9.43. The fraction of sp³-hybridized carbons (Fsp3) is 0.484. The summed E-state index contributed by atoms with van der Waals surface area (Å²) in [6, 6.07) is 13.0. The van der Waals surface area contributed by atoms with Crippen molar-refractivity contribution in [2.75, 3.05) is 6.54 Å². The minimum Gasteiger partial charge on any atom is -0.349 e. The minimum absolute atomic E-state index is 0.00688. The van der Waals surface area contributed by atoms with Crippen LogP contribution < -0.4 is 10.6 Å². The molecule has 1 heterocycles. The summed E-state index contributed by atoms with van der Waals surface area (Å²) in [7, 11) is 0. The van der Waals surface area contributed by atoms with Crippen LogP contribution >= 0.6 is 34.8 Å².